The second kappa shape index (κ2) is 3.05. The van der Waals surface area contributed by atoms with Crippen molar-refractivity contribution in [3.63, 3.8) is 0 Å². The molecule has 0 aromatic rings. The Morgan fingerprint density at radius 3 is 2.58 bits per heavy atom. The van der Waals surface area contributed by atoms with Gasteiger partial charge in [-0.05, 0) is 25.4 Å². The fourth-order valence-electron chi connectivity index (χ4n) is 2.08. The molecule has 1 N–H and O–H groups in total. The normalized spacial score (nSPS) is 30.1. The molecule has 1 unspecified atom stereocenters. The molecule has 1 rings (SSSR count). The molecular formula is C9H17NO2. The Kier molecular flexibility index (Phi) is 2.42. The van der Waals surface area contributed by atoms with Crippen molar-refractivity contribution in [3.05, 3.63) is 0 Å². The summed E-state index contributed by atoms with van der Waals surface area (Å²) < 4.78 is 0. The number of aliphatic carboxylic acids is 1. The van der Waals surface area contributed by atoms with Gasteiger partial charge >= 0.3 is 5.97 Å². The van der Waals surface area contributed by atoms with Crippen molar-refractivity contribution < 1.29 is 9.90 Å². The molecule has 70 valence electrons. The minimum absolute atomic E-state index is 0.0845. The summed E-state index contributed by atoms with van der Waals surface area (Å²) in [4.78, 5) is 13.1. The monoisotopic (exact) mass is 171 g/mol. The molecule has 0 bridgehead atoms. The van der Waals surface area contributed by atoms with Gasteiger partial charge in [0.1, 0.15) is 0 Å². The van der Waals surface area contributed by atoms with Crippen LogP contribution in [0.5, 0.6) is 0 Å². The smallest absolute Gasteiger partial charge is 0.307 e. The van der Waals surface area contributed by atoms with E-state index in [4.69, 9.17) is 5.11 Å². The molecule has 1 aliphatic heterocycles. The fraction of sp³-hybridized carbons (Fsp3) is 0.889. The summed E-state index contributed by atoms with van der Waals surface area (Å²) in [6.07, 6.45) is 0.777. The SMILES string of the molecule is CN1CCC(C(=O)O)C(C)(C)C1. The zero-order valence-corrected chi connectivity index (χ0v) is 8.00. The Morgan fingerprint density at radius 2 is 2.17 bits per heavy atom. The third-order valence-electron chi connectivity index (χ3n) is 2.72. The van der Waals surface area contributed by atoms with Crippen LogP contribution < -0.4 is 0 Å². The number of likely N-dealkylation sites (tertiary alicyclic amines) is 1. The zero-order chi connectivity index (χ0) is 9.35. The maximum atomic E-state index is 10.9. The van der Waals surface area contributed by atoms with Crippen LogP contribution in [-0.2, 0) is 4.79 Å². The average Bonchev–Trinajstić information content (AvgIpc) is 1.82. The van der Waals surface area contributed by atoms with E-state index in [2.05, 4.69) is 4.90 Å². The Hall–Kier alpha value is -0.570. The van der Waals surface area contributed by atoms with E-state index in [1.807, 2.05) is 20.9 Å². The molecule has 1 aliphatic rings. The summed E-state index contributed by atoms with van der Waals surface area (Å²) in [5, 5.41) is 8.94. The molecule has 0 spiro atoms. The topological polar surface area (TPSA) is 40.5 Å². The van der Waals surface area contributed by atoms with Crippen LogP contribution in [0, 0.1) is 11.3 Å². The van der Waals surface area contributed by atoms with Crippen LogP contribution in [0.25, 0.3) is 0 Å². The predicted molar refractivity (Wildman–Crippen MR) is 47.0 cm³/mol. The van der Waals surface area contributed by atoms with Gasteiger partial charge in [0.05, 0.1) is 5.92 Å². The molecule has 3 nitrogen and oxygen atoms in total. The van der Waals surface area contributed by atoms with Gasteiger partial charge in [0, 0.05) is 6.54 Å². The Balaban J connectivity index is 2.70. The van der Waals surface area contributed by atoms with Crippen molar-refractivity contribution in [1.82, 2.24) is 4.90 Å². The van der Waals surface area contributed by atoms with Gasteiger partial charge in [-0.15, -0.1) is 0 Å². The Morgan fingerprint density at radius 1 is 1.58 bits per heavy atom. The van der Waals surface area contributed by atoms with Crippen molar-refractivity contribution in [2.75, 3.05) is 20.1 Å². The van der Waals surface area contributed by atoms with Gasteiger partial charge in [0.2, 0.25) is 0 Å². The molecular weight excluding hydrogens is 154 g/mol. The number of carbonyl (C=O) groups is 1. The van der Waals surface area contributed by atoms with E-state index in [1.54, 1.807) is 0 Å². The molecule has 1 fully saturated rings. The highest BCUT2D eigenvalue weighted by Crippen LogP contribution is 2.34. The molecule has 0 radical (unpaired) electrons. The maximum Gasteiger partial charge on any atom is 0.307 e. The molecule has 1 atom stereocenters. The van der Waals surface area contributed by atoms with Crippen molar-refractivity contribution in [1.29, 1.82) is 0 Å². The summed E-state index contributed by atoms with van der Waals surface area (Å²) in [5.74, 6) is -0.818. The number of piperidine rings is 1. The van der Waals surface area contributed by atoms with Gasteiger partial charge in [-0.2, -0.15) is 0 Å². The first-order chi connectivity index (χ1) is 5.43. The zero-order valence-electron chi connectivity index (χ0n) is 8.00. The second-order valence-electron chi connectivity index (χ2n) is 4.41. The highest BCUT2D eigenvalue weighted by molar-refractivity contribution is 5.71. The highest BCUT2D eigenvalue weighted by atomic mass is 16.4. The van der Waals surface area contributed by atoms with E-state index >= 15 is 0 Å². The molecule has 0 amide bonds. The van der Waals surface area contributed by atoms with Crippen LogP contribution in [0.4, 0.5) is 0 Å². The van der Waals surface area contributed by atoms with E-state index in [-0.39, 0.29) is 11.3 Å². The number of carboxylic acid groups (broad SMARTS) is 1. The summed E-state index contributed by atoms with van der Waals surface area (Å²) in [6, 6.07) is 0. The van der Waals surface area contributed by atoms with Crippen molar-refractivity contribution in [2.45, 2.75) is 20.3 Å². The second-order valence-corrected chi connectivity index (χ2v) is 4.41. The summed E-state index contributed by atoms with van der Waals surface area (Å²) in [7, 11) is 2.04. The number of rotatable bonds is 1. The van der Waals surface area contributed by atoms with E-state index in [0.29, 0.717) is 0 Å². The molecule has 1 heterocycles. The first-order valence-electron chi connectivity index (χ1n) is 4.35. The molecule has 0 saturated carbocycles. The molecule has 0 aromatic carbocycles. The first kappa shape index (κ1) is 9.52. The van der Waals surface area contributed by atoms with E-state index in [9.17, 15) is 4.79 Å². The fourth-order valence-corrected chi connectivity index (χ4v) is 2.08. The van der Waals surface area contributed by atoms with Crippen LogP contribution in [0.2, 0.25) is 0 Å². The van der Waals surface area contributed by atoms with E-state index in [1.165, 1.54) is 0 Å². The number of nitrogens with zero attached hydrogens (tertiary/aromatic N) is 1. The highest BCUT2D eigenvalue weighted by Gasteiger charge is 2.38. The van der Waals surface area contributed by atoms with Crippen LogP contribution in [-0.4, -0.2) is 36.1 Å². The van der Waals surface area contributed by atoms with Crippen LogP contribution >= 0.6 is 0 Å². The van der Waals surface area contributed by atoms with Gasteiger partial charge in [0.25, 0.3) is 0 Å². The Bertz CT molecular complexity index is 189. The van der Waals surface area contributed by atoms with Crippen molar-refractivity contribution >= 4 is 5.97 Å². The van der Waals surface area contributed by atoms with Gasteiger partial charge in [0.15, 0.2) is 0 Å². The average molecular weight is 171 g/mol. The quantitative estimate of drug-likeness (QED) is 0.641. The number of hydrogen-bond acceptors (Lipinski definition) is 2. The Labute approximate surface area is 73.4 Å². The maximum absolute atomic E-state index is 10.9. The number of hydrogen-bond donors (Lipinski definition) is 1. The third-order valence-corrected chi connectivity index (χ3v) is 2.72. The third kappa shape index (κ3) is 1.78. The summed E-state index contributed by atoms with van der Waals surface area (Å²) >= 11 is 0. The first-order valence-corrected chi connectivity index (χ1v) is 4.35. The lowest BCUT2D eigenvalue weighted by Gasteiger charge is -2.40. The molecule has 1 saturated heterocycles. The van der Waals surface area contributed by atoms with Crippen LogP contribution in [0.15, 0.2) is 0 Å². The molecule has 12 heavy (non-hydrogen) atoms. The van der Waals surface area contributed by atoms with Crippen LogP contribution in [0.1, 0.15) is 20.3 Å². The lowest BCUT2D eigenvalue weighted by Crippen LogP contribution is -2.46. The lowest BCUT2D eigenvalue weighted by molar-refractivity contribution is -0.148. The molecule has 0 aromatic heterocycles. The van der Waals surface area contributed by atoms with E-state index in [0.717, 1.165) is 19.5 Å². The van der Waals surface area contributed by atoms with E-state index < -0.39 is 5.97 Å². The minimum Gasteiger partial charge on any atom is -0.481 e. The van der Waals surface area contributed by atoms with Gasteiger partial charge in [-0.3, -0.25) is 4.79 Å². The predicted octanol–water partition coefficient (Wildman–Crippen LogP) is 1.05. The molecule has 0 aliphatic carbocycles. The summed E-state index contributed by atoms with van der Waals surface area (Å²) in [5.41, 5.74) is -0.0845. The largest absolute Gasteiger partial charge is 0.481 e. The standard InChI is InChI=1S/C9H17NO2/c1-9(2)6-10(3)5-4-7(9)8(11)12/h7H,4-6H2,1-3H3,(H,11,12). The van der Waals surface area contributed by atoms with Gasteiger partial charge in [-0.25, -0.2) is 0 Å². The van der Waals surface area contributed by atoms with Gasteiger partial charge in [-0.1, -0.05) is 13.8 Å². The van der Waals surface area contributed by atoms with Crippen molar-refractivity contribution in [3.8, 4) is 0 Å². The van der Waals surface area contributed by atoms with Gasteiger partial charge < -0.3 is 10.0 Å². The van der Waals surface area contributed by atoms with Crippen LogP contribution in [0.3, 0.4) is 0 Å². The number of carboxylic acids is 1. The molecule has 3 heteroatoms. The summed E-state index contributed by atoms with van der Waals surface area (Å²) in [6.45, 7) is 5.84. The minimum atomic E-state index is -0.645. The van der Waals surface area contributed by atoms with Crippen molar-refractivity contribution in [2.24, 2.45) is 11.3 Å². The lowest BCUT2D eigenvalue weighted by atomic mass is 9.74.